The van der Waals surface area contributed by atoms with Crippen LogP contribution in [0.25, 0.3) is 0 Å². The Hall–Kier alpha value is -1.62. The van der Waals surface area contributed by atoms with Crippen molar-refractivity contribution in [2.45, 2.75) is 0 Å². The van der Waals surface area contributed by atoms with Crippen LogP contribution in [0, 0.1) is 0 Å². The van der Waals surface area contributed by atoms with Crippen molar-refractivity contribution in [1.29, 1.82) is 0 Å². The molecule has 76 valence electrons. The molecule has 1 aromatic heterocycles. The van der Waals surface area contributed by atoms with Gasteiger partial charge in [0, 0.05) is 24.0 Å². The van der Waals surface area contributed by atoms with Crippen molar-refractivity contribution in [1.82, 2.24) is 10.3 Å². The van der Waals surface area contributed by atoms with Gasteiger partial charge in [-0.15, -0.1) is 0 Å². The van der Waals surface area contributed by atoms with Gasteiger partial charge in [-0.3, -0.25) is 14.6 Å². The number of hydrogen-bond donors (Lipinski definition) is 1. The Morgan fingerprint density at radius 3 is 3.07 bits per heavy atom. The summed E-state index contributed by atoms with van der Waals surface area (Å²) >= 11 is 1.33. The third-order valence-corrected chi connectivity index (χ3v) is 2.77. The zero-order valence-corrected chi connectivity index (χ0v) is 8.58. The average Bonchev–Trinajstić information content (AvgIpc) is 2.65. The van der Waals surface area contributed by atoms with Crippen LogP contribution in [0.1, 0.15) is 10.4 Å². The van der Waals surface area contributed by atoms with Crippen molar-refractivity contribution >= 4 is 23.5 Å². The summed E-state index contributed by atoms with van der Waals surface area (Å²) in [5.41, 5.74) is 0.520. The van der Waals surface area contributed by atoms with Gasteiger partial charge in [-0.05, 0) is 12.1 Å². The number of carbonyl (C=O) groups excluding carboxylic acids is 2. The molecule has 1 amide bonds. The minimum absolute atomic E-state index is 0.0646. The van der Waals surface area contributed by atoms with Crippen LogP contribution in [-0.4, -0.2) is 22.4 Å². The molecule has 0 saturated carbocycles. The lowest BCUT2D eigenvalue weighted by molar-refractivity contribution is -0.117. The van der Waals surface area contributed by atoms with Crippen molar-refractivity contribution in [2.75, 3.05) is 5.75 Å². The zero-order chi connectivity index (χ0) is 10.7. The van der Waals surface area contributed by atoms with E-state index in [1.54, 1.807) is 18.3 Å². The topological polar surface area (TPSA) is 59.1 Å². The first-order chi connectivity index (χ1) is 7.25. The predicted octanol–water partition coefficient (Wildman–Crippen LogP) is 0.969. The summed E-state index contributed by atoms with van der Waals surface area (Å²) in [6.45, 7) is 0. The maximum Gasteiger partial charge on any atom is 0.235 e. The van der Waals surface area contributed by atoms with E-state index < -0.39 is 0 Å². The lowest BCUT2D eigenvalue weighted by Gasteiger charge is -1.96. The highest BCUT2D eigenvalue weighted by molar-refractivity contribution is 8.04. The number of nitrogens with zero attached hydrogens (tertiary/aromatic N) is 1. The fourth-order valence-corrected chi connectivity index (χ4v) is 1.88. The molecular formula is C10H8N2O2S. The van der Waals surface area contributed by atoms with Crippen LogP contribution >= 0.6 is 11.8 Å². The van der Waals surface area contributed by atoms with E-state index in [4.69, 9.17) is 0 Å². The number of pyridine rings is 1. The van der Waals surface area contributed by atoms with Gasteiger partial charge in [0.1, 0.15) is 0 Å². The molecule has 4 nitrogen and oxygen atoms in total. The molecule has 15 heavy (non-hydrogen) atoms. The number of aromatic nitrogens is 1. The SMILES string of the molecule is O=C1CSC(=CC(=O)c2cccnc2)N1. The van der Waals surface area contributed by atoms with Gasteiger partial charge < -0.3 is 5.32 Å². The molecule has 5 heteroatoms. The van der Waals surface area contributed by atoms with E-state index in [2.05, 4.69) is 10.3 Å². The molecule has 1 aromatic rings. The summed E-state index contributed by atoms with van der Waals surface area (Å²) in [5, 5.41) is 3.20. The summed E-state index contributed by atoms with van der Waals surface area (Å²) in [4.78, 5) is 26.4. The highest BCUT2D eigenvalue weighted by Crippen LogP contribution is 2.19. The fraction of sp³-hybridized carbons (Fsp3) is 0.100. The van der Waals surface area contributed by atoms with E-state index in [1.807, 2.05) is 0 Å². The van der Waals surface area contributed by atoms with Crippen molar-refractivity contribution in [3.05, 3.63) is 41.2 Å². The van der Waals surface area contributed by atoms with Gasteiger partial charge >= 0.3 is 0 Å². The van der Waals surface area contributed by atoms with Crippen LogP contribution < -0.4 is 5.32 Å². The minimum atomic E-state index is -0.146. The maximum atomic E-state index is 11.6. The number of thioether (sulfide) groups is 1. The van der Waals surface area contributed by atoms with Crippen molar-refractivity contribution in [3.63, 3.8) is 0 Å². The second-order valence-corrected chi connectivity index (χ2v) is 3.97. The number of nitrogens with one attached hydrogen (secondary N) is 1. The molecule has 2 rings (SSSR count). The van der Waals surface area contributed by atoms with E-state index >= 15 is 0 Å². The first-order valence-corrected chi connectivity index (χ1v) is 5.33. The van der Waals surface area contributed by atoms with Crippen LogP contribution in [0.2, 0.25) is 0 Å². The molecule has 0 aliphatic carbocycles. The smallest absolute Gasteiger partial charge is 0.235 e. The van der Waals surface area contributed by atoms with Gasteiger partial charge in [-0.2, -0.15) is 0 Å². The molecule has 0 spiro atoms. The number of rotatable bonds is 2. The highest BCUT2D eigenvalue weighted by Gasteiger charge is 2.16. The minimum Gasteiger partial charge on any atom is -0.320 e. The first kappa shape index (κ1) is 9.92. The van der Waals surface area contributed by atoms with Gasteiger partial charge in [0.15, 0.2) is 5.78 Å². The van der Waals surface area contributed by atoms with Gasteiger partial charge in [-0.25, -0.2) is 0 Å². The molecule has 1 fully saturated rings. The Balaban J connectivity index is 2.13. The fourth-order valence-electron chi connectivity index (χ4n) is 1.14. The first-order valence-electron chi connectivity index (χ1n) is 4.34. The maximum absolute atomic E-state index is 11.6. The standard InChI is InChI=1S/C10H8N2O2S/c13-8(7-2-1-3-11-5-7)4-10-12-9(14)6-15-10/h1-5H,6H2,(H,12,14). The highest BCUT2D eigenvalue weighted by atomic mass is 32.2. The molecule has 0 bridgehead atoms. The number of hydrogen-bond acceptors (Lipinski definition) is 4. The molecule has 0 radical (unpaired) electrons. The zero-order valence-electron chi connectivity index (χ0n) is 7.77. The van der Waals surface area contributed by atoms with Gasteiger partial charge in [0.25, 0.3) is 0 Å². The van der Waals surface area contributed by atoms with Gasteiger partial charge in [0.05, 0.1) is 10.8 Å². The van der Waals surface area contributed by atoms with E-state index in [1.165, 1.54) is 24.0 Å². The van der Waals surface area contributed by atoms with Crippen molar-refractivity contribution < 1.29 is 9.59 Å². The molecule has 0 unspecified atom stereocenters. The van der Waals surface area contributed by atoms with Crippen LogP contribution in [0.15, 0.2) is 35.6 Å². The second kappa shape index (κ2) is 4.27. The number of carbonyl (C=O) groups is 2. The van der Waals surface area contributed by atoms with E-state index in [9.17, 15) is 9.59 Å². The van der Waals surface area contributed by atoms with Crippen LogP contribution in [0.4, 0.5) is 0 Å². The lowest BCUT2D eigenvalue weighted by atomic mass is 10.2. The molecule has 1 aliphatic rings. The number of amides is 1. The molecular weight excluding hydrogens is 212 g/mol. The van der Waals surface area contributed by atoms with Gasteiger partial charge in [-0.1, -0.05) is 11.8 Å². The molecule has 2 heterocycles. The summed E-state index contributed by atoms with van der Waals surface area (Å²) in [7, 11) is 0. The molecule has 1 aliphatic heterocycles. The summed E-state index contributed by atoms with van der Waals surface area (Å²) in [6.07, 6.45) is 4.53. The van der Waals surface area contributed by atoms with E-state index in [-0.39, 0.29) is 11.7 Å². The quantitative estimate of drug-likeness (QED) is 0.596. The Labute approximate surface area is 90.8 Å². The Morgan fingerprint density at radius 1 is 1.60 bits per heavy atom. The normalized spacial score (nSPS) is 17.9. The van der Waals surface area contributed by atoms with Crippen molar-refractivity contribution in [2.24, 2.45) is 0 Å². The Morgan fingerprint density at radius 2 is 2.47 bits per heavy atom. The summed E-state index contributed by atoms with van der Waals surface area (Å²) in [6, 6.07) is 3.39. The summed E-state index contributed by atoms with van der Waals surface area (Å²) in [5.74, 6) is 0.171. The third-order valence-electron chi connectivity index (χ3n) is 1.83. The lowest BCUT2D eigenvalue weighted by Crippen LogP contribution is -2.14. The van der Waals surface area contributed by atoms with Crippen LogP contribution in [0.5, 0.6) is 0 Å². The summed E-state index contributed by atoms with van der Waals surface area (Å²) < 4.78 is 0. The predicted molar refractivity (Wildman–Crippen MR) is 57.3 cm³/mol. The Kier molecular flexibility index (Phi) is 2.82. The third kappa shape index (κ3) is 2.44. The van der Waals surface area contributed by atoms with E-state index in [0.29, 0.717) is 16.3 Å². The molecule has 1 saturated heterocycles. The van der Waals surface area contributed by atoms with Gasteiger partial charge in [0.2, 0.25) is 5.91 Å². The average molecular weight is 220 g/mol. The second-order valence-electron chi connectivity index (χ2n) is 2.95. The Bertz CT molecular complexity index is 428. The molecule has 0 atom stereocenters. The van der Waals surface area contributed by atoms with Crippen molar-refractivity contribution in [3.8, 4) is 0 Å². The largest absolute Gasteiger partial charge is 0.320 e. The molecule has 1 N–H and O–H groups in total. The molecule has 0 aromatic carbocycles. The van der Waals surface area contributed by atoms with Crippen LogP contribution in [0.3, 0.4) is 0 Å². The van der Waals surface area contributed by atoms with E-state index in [0.717, 1.165) is 0 Å². The number of allylic oxidation sites excluding steroid dienone is 1. The number of ketones is 1. The van der Waals surface area contributed by atoms with Crippen LogP contribution in [-0.2, 0) is 4.79 Å². The monoisotopic (exact) mass is 220 g/mol.